The molecule has 1 fully saturated rings. The molecule has 6 nitrogen and oxygen atoms in total. The number of aromatic nitrogens is 4. The summed E-state index contributed by atoms with van der Waals surface area (Å²) in [4.78, 5) is 17.7. The summed E-state index contributed by atoms with van der Waals surface area (Å²) in [6.45, 7) is 9.46. The minimum atomic E-state index is 0. The van der Waals surface area contributed by atoms with Crippen molar-refractivity contribution in [3.63, 3.8) is 0 Å². The van der Waals surface area contributed by atoms with Crippen molar-refractivity contribution in [1.82, 2.24) is 24.0 Å². The van der Waals surface area contributed by atoms with E-state index in [0.29, 0.717) is 19.1 Å². The highest BCUT2D eigenvalue weighted by Gasteiger charge is 2.24. The van der Waals surface area contributed by atoms with Crippen LogP contribution in [0, 0.1) is 6.92 Å². The summed E-state index contributed by atoms with van der Waals surface area (Å²) in [6.07, 6.45) is 3.07. The molecule has 7 heteroatoms. The van der Waals surface area contributed by atoms with Crippen molar-refractivity contribution in [3.8, 4) is 22.5 Å². The van der Waals surface area contributed by atoms with E-state index in [2.05, 4.69) is 59.3 Å². The fourth-order valence-electron chi connectivity index (χ4n) is 4.88. The third kappa shape index (κ3) is 3.57. The molecule has 1 aliphatic heterocycles. The number of nitrogens with zero attached hydrogens (tertiary/aromatic N) is 4. The molecule has 1 atom stereocenters. The van der Waals surface area contributed by atoms with E-state index in [1.54, 1.807) is 0 Å². The summed E-state index contributed by atoms with van der Waals surface area (Å²) >= 11 is 0. The molecule has 3 heterocycles. The smallest absolute Gasteiger partial charge is 0.326 e. The van der Waals surface area contributed by atoms with Crippen molar-refractivity contribution in [2.75, 3.05) is 13.1 Å². The molecule has 2 aromatic carbocycles. The van der Waals surface area contributed by atoms with E-state index in [1.165, 1.54) is 5.56 Å². The summed E-state index contributed by atoms with van der Waals surface area (Å²) in [7, 11) is 0. The molecular formula is C25H30ClN5O. The summed E-state index contributed by atoms with van der Waals surface area (Å²) < 4.78 is 6.04. The second-order valence-corrected chi connectivity index (χ2v) is 8.34. The van der Waals surface area contributed by atoms with Gasteiger partial charge in [-0.2, -0.15) is 0 Å². The molecule has 0 radical (unpaired) electrons. The lowest BCUT2D eigenvalue weighted by Crippen LogP contribution is -2.23. The van der Waals surface area contributed by atoms with Gasteiger partial charge in [-0.25, -0.2) is 9.78 Å². The maximum atomic E-state index is 12.9. The molecule has 0 amide bonds. The van der Waals surface area contributed by atoms with E-state index in [-0.39, 0.29) is 18.1 Å². The summed E-state index contributed by atoms with van der Waals surface area (Å²) in [5.74, 6) is 0. The molecule has 168 valence electrons. The quantitative estimate of drug-likeness (QED) is 0.481. The molecule has 1 N–H and O–H groups in total. The van der Waals surface area contributed by atoms with Gasteiger partial charge in [-0.3, -0.25) is 9.13 Å². The van der Waals surface area contributed by atoms with E-state index >= 15 is 0 Å². The lowest BCUT2D eigenvalue weighted by molar-refractivity contribution is 0.551. The Morgan fingerprint density at radius 3 is 2.50 bits per heavy atom. The Labute approximate surface area is 194 Å². The molecule has 4 aromatic rings. The van der Waals surface area contributed by atoms with Gasteiger partial charge in [-0.1, -0.05) is 29.8 Å². The van der Waals surface area contributed by atoms with E-state index in [4.69, 9.17) is 4.98 Å². The average molecular weight is 452 g/mol. The monoisotopic (exact) mass is 451 g/mol. The third-order valence-electron chi connectivity index (χ3n) is 6.44. The molecule has 5 rings (SSSR count). The van der Waals surface area contributed by atoms with Gasteiger partial charge in [0.05, 0.1) is 28.7 Å². The zero-order valence-electron chi connectivity index (χ0n) is 18.8. The van der Waals surface area contributed by atoms with Gasteiger partial charge in [0.1, 0.15) is 0 Å². The maximum Gasteiger partial charge on any atom is 0.329 e. The zero-order chi connectivity index (χ0) is 21.5. The maximum absolute atomic E-state index is 12.9. The Bertz CT molecular complexity index is 1310. The van der Waals surface area contributed by atoms with Crippen molar-refractivity contribution in [2.24, 2.45) is 0 Å². The van der Waals surface area contributed by atoms with Crippen molar-refractivity contribution in [1.29, 1.82) is 0 Å². The van der Waals surface area contributed by atoms with Gasteiger partial charge in [0, 0.05) is 36.8 Å². The first-order chi connectivity index (χ1) is 15.1. The van der Waals surface area contributed by atoms with Gasteiger partial charge in [-0.05, 0) is 51.9 Å². The molecule has 0 spiro atoms. The Hall–Kier alpha value is -2.83. The second-order valence-electron chi connectivity index (χ2n) is 8.34. The SMILES string of the molecule is CCn1c(=O)n(CC)c2cc(-c3c(-c4cccc(C)c4)ncn3C3CCNC3)ccc21.Cl. The highest BCUT2D eigenvalue weighted by molar-refractivity contribution is 5.86. The summed E-state index contributed by atoms with van der Waals surface area (Å²) in [5.41, 5.74) is 7.60. The van der Waals surface area contributed by atoms with Gasteiger partial charge >= 0.3 is 5.69 Å². The predicted octanol–water partition coefficient (Wildman–Crippen LogP) is 4.64. The van der Waals surface area contributed by atoms with Gasteiger partial charge in [0.2, 0.25) is 0 Å². The molecular weight excluding hydrogens is 422 g/mol. The van der Waals surface area contributed by atoms with Crippen molar-refractivity contribution < 1.29 is 0 Å². The lowest BCUT2D eigenvalue weighted by atomic mass is 10.0. The number of nitrogens with one attached hydrogen (secondary N) is 1. The first kappa shape index (κ1) is 22.4. The van der Waals surface area contributed by atoms with Crippen LogP contribution in [0.2, 0.25) is 0 Å². The number of rotatable bonds is 5. The largest absolute Gasteiger partial charge is 0.329 e. The highest BCUT2D eigenvalue weighted by atomic mass is 35.5. The minimum absolute atomic E-state index is 0. The Morgan fingerprint density at radius 2 is 1.81 bits per heavy atom. The van der Waals surface area contributed by atoms with Crippen LogP contribution in [0.25, 0.3) is 33.5 Å². The van der Waals surface area contributed by atoms with Gasteiger partial charge in [0.25, 0.3) is 0 Å². The number of hydrogen-bond acceptors (Lipinski definition) is 3. The van der Waals surface area contributed by atoms with Crippen LogP contribution < -0.4 is 11.0 Å². The average Bonchev–Trinajstić information content (AvgIpc) is 3.50. The van der Waals surface area contributed by atoms with E-state index in [9.17, 15) is 4.79 Å². The molecule has 1 aliphatic rings. The second kappa shape index (κ2) is 8.96. The first-order valence-electron chi connectivity index (χ1n) is 11.2. The summed E-state index contributed by atoms with van der Waals surface area (Å²) in [5, 5.41) is 3.48. The van der Waals surface area contributed by atoms with Crippen LogP contribution in [0.1, 0.15) is 31.9 Å². The van der Waals surface area contributed by atoms with Crippen LogP contribution in [-0.2, 0) is 13.1 Å². The minimum Gasteiger partial charge on any atom is -0.326 e. The van der Waals surface area contributed by atoms with Crippen molar-refractivity contribution in [2.45, 2.75) is 46.3 Å². The van der Waals surface area contributed by atoms with E-state index in [0.717, 1.165) is 53.1 Å². The standard InChI is InChI=1S/C25H29N5O.ClH/c1-4-28-21-10-9-19(14-22(21)29(5-2)25(28)31)24-23(18-8-6-7-17(3)13-18)27-16-30(24)20-11-12-26-15-20;/h6-10,13-14,16,20,26H,4-5,11-12,15H2,1-3H3;1H. The molecule has 1 unspecified atom stereocenters. The highest BCUT2D eigenvalue weighted by Crippen LogP contribution is 2.36. The number of imidazole rings is 2. The van der Waals surface area contributed by atoms with E-state index in [1.807, 2.05) is 29.3 Å². The van der Waals surface area contributed by atoms with Crippen LogP contribution in [-0.4, -0.2) is 31.8 Å². The topological polar surface area (TPSA) is 56.8 Å². The predicted molar refractivity (Wildman–Crippen MR) is 133 cm³/mol. The summed E-state index contributed by atoms with van der Waals surface area (Å²) in [6, 6.07) is 15.3. The van der Waals surface area contributed by atoms with Crippen LogP contribution in [0.15, 0.2) is 53.6 Å². The number of aryl methyl sites for hydroxylation is 3. The van der Waals surface area contributed by atoms with Gasteiger partial charge in [-0.15, -0.1) is 12.4 Å². The fraction of sp³-hybridized carbons (Fsp3) is 0.360. The molecule has 0 aliphatic carbocycles. The van der Waals surface area contributed by atoms with Crippen molar-refractivity contribution in [3.05, 3.63) is 64.8 Å². The Kier molecular flexibility index (Phi) is 6.26. The number of fused-ring (bicyclic) bond motifs is 1. The Morgan fingerprint density at radius 1 is 1.03 bits per heavy atom. The first-order valence-corrected chi connectivity index (χ1v) is 11.2. The molecule has 0 saturated carbocycles. The Balaban J connectivity index is 0.00000245. The van der Waals surface area contributed by atoms with Crippen LogP contribution in [0.3, 0.4) is 0 Å². The van der Waals surface area contributed by atoms with Gasteiger partial charge < -0.3 is 9.88 Å². The molecule has 1 saturated heterocycles. The molecule has 0 bridgehead atoms. The van der Waals surface area contributed by atoms with Gasteiger partial charge in [0.15, 0.2) is 0 Å². The van der Waals surface area contributed by atoms with E-state index < -0.39 is 0 Å². The number of hydrogen-bond donors (Lipinski definition) is 1. The van der Waals surface area contributed by atoms with Crippen LogP contribution in [0.5, 0.6) is 0 Å². The molecule has 32 heavy (non-hydrogen) atoms. The third-order valence-corrected chi connectivity index (χ3v) is 6.44. The van der Waals surface area contributed by atoms with Crippen LogP contribution >= 0.6 is 12.4 Å². The normalized spacial score (nSPS) is 15.9. The fourth-order valence-corrected chi connectivity index (χ4v) is 4.88. The number of halogens is 1. The van der Waals surface area contributed by atoms with Crippen molar-refractivity contribution >= 4 is 23.4 Å². The van der Waals surface area contributed by atoms with Crippen LogP contribution in [0.4, 0.5) is 0 Å². The lowest BCUT2D eigenvalue weighted by Gasteiger charge is -2.16. The molecule has 2 aromatic heterocycles. The zero-order valence-corrected chi connectivity index (χ0v) is 19.7. The number of benzene rings is 2.